The number of esters is 3. The van der Waals surface area contributed by atoms with Crippen LogP contribution in [0.5, 0.6) is 18.0 Å². The van der Waals surface area contributed by atoms with Gasteiger partial charge in [0, 0.05) is 0 Å². The third-order valence-electron chi connectivity index (χ3n) is 4.19. The average Bonchev–Trinajstić information content (AvgIpc) is 2.65. The number of nitrogens with zero attached hydrogens (tertiary/aromatic N) is 3. The van der Waals surface area contributed by atoms with Gasteiger partial charge in [0.1, 0.15) is 0 Å². The molecule has 0 fully saturated rings. The minimum absolute atomic E-state index is 0.376. The number of hydrogen-bond acceptors (Lipinski definition) is 9. The first-order valence-electron chi connectivity index (χ1n) is 9.12. The molecule has 0 spiro atoms. The second-order valence-electron chi connectivity index (χ2n) is 6.37. The van der Waals surface area contributed by atoms with Crippen molar-refractivity contribution in [3.63, 3.8) is 0 Å². The zero-order valence-corrected chi connectivity index (χ0v) is 16.6. The predicted molar refractivity (Wildman–Crippen MR) is 95.1 cm³/mol. The maximum atomic E-state index is 12.0. The number of ether oxygens (including phenoxy) is 3. The SMILES string of the molecule is CC[C@H](C)C(=O)Oc1nc(OC(=O)[C@@H](C)CC)nc(OC(=O)[C@@H](C)CC)n1. The van der Waals surface area contributed by atoms with Crippen LogP contribution in [0, 0.1) is 17.8 Å². The van der Waals surface area contributed by atoms with Gasteiger partial charge < -0.3 is 14.2 Å². The second-order valence-corrected chi connectivity index (χ2v) is 6.37. The van der Waals surface area contributed by atoms with Gasteiger partial charge in [-0.15, -0.1) is 15.0 Å². The molecule has 3 atom stereocenters. The highest BCUT2D eigenvalue weighted by molar-refractivity contribution is 5.75. The van der Waals surface area contributed by atoms with E-state index >= 15 is 0 Å². The summed E-state index contributed by atoms with van der Waals surface area (Å²) in [6, 6.07) is -1.18. The summed E-state index contributed by atoms with van der Waals surface area (Å²) < 4.78 is 15.3. The smallest absolute Gasteiger partial charge is 0.333 e. The largest absolute Gasteiger partial charge is 0.390 e. The Morgan fingerprint density at radius 2 is 0.852 bits per heavy atom. The number of carbonyl (C=O) groups is 3. The lowest BCUT2D eigenvalue weighted by molar-refractivity contribution is -0.139. The van der Waals surface area contributed by atoms with E-state index in [1.54, 1.807) is 20.8 Å². The lowest BCUT2D eigenvalue weighted by Crippen LogP contribution is -2.22. The van der Waals surface area contributed by atoms with Crippen molar-refractivity contribution in [2.75, 3.05) is 0 Å². The van der Waals surface area contributed by atoms with Gasteiger partial charge in [-0.05, 0) is 19.3 Å². The van der Waals surface area contributed by atoms with E-state index in [4.69, 9.17) is 14.2 Å². The molecule has 0 bridgehead atoms. The van der Waals surface area contributed by atoms with Crippen LogP contribution in [-0.4, -0.2) is 32.9 Å². The van der Waals surface area contributed by atoms with E-state index in [-0.39, 0.29) is 17.8 Å². The third-order valence-corrected chi connectivity index (χ3v) is 4.19. The summed E-state index contributed by atoms with van der Waals surface area (Å²) in [5, 5.41) is 0. The first kappa shape index (κ1) is 22.5. The minimum Gasteiger partial charge on any atom is -0.390 e. The normalized spacial score (nSPS) is 14.0. The van der Waals surface area contributed by atoms with Gasteiger partial charge in [-0.2, -0.15) is 0 Å². The fourth-order valence-electron chi connectivity index (χ4n) is 1.53. The molecule has 0 unspecified atom stereocenters. The number of hydrogen-bond donors (Lipinski definition) is 0. The molecule has 0 aliphatic heterocycles. The zero-order chi connectivity index (χ0) is 20.6. The first-order chi connectivity index (χ1) is 12.7. The standard InChI is InChI=1S/C18H27N3O6/c1-7-10(4)13(22)25-16-19-17(26-14(23)11(5)8-2)21-18(20-16)27-15(24)12(6)9-3/h10-12H,7-9H2,1-6H3/t10-,11-,12-/m0/s1. The van der Waals surface area contributed by atoms with Crippen LogP contribution in [0.1, 0.15) is 60.8 Å². The fourth-order valence-corrected chi connectivity index (χ4v) is 1.53. The van der Waals surface area contributed by atoms with Crippen molar-refractivity contribution in [1.29, 1.82) is 0 Å². The van der Waals surface area contributed by atoms with Gasteiger partial charge in [-0.1, -0.05) is 41.5 Å². The van der Waals surface area contributed by atoms with Crippen molar-refractivity contribution in [2.24, 2.45) is 17.8 Å². The molecule has 0 saturated heterocycles. The Morgan fingerprint density at radius 3 is 1.04 bits per heavy atom. The summed E-state index contributed by atoms with van der Waals surface area (Å²) in [5.74, 6) is -2.79. The van der Waals surface area contributed by atoms with Crippen molar-refractivity contribution in [3.8, 4) is 18.0 Å². The second kappa shape index (κ2) is 10.5. The number of rotatable bonds is 9. The van der Waals surface area contributed by atoms with Crippen LogP contribution in [0.25, 0.3) is 0 Å². The molecular formula is C18H27N3O6. The summed E-state index contributed by atoms with van der Waals surface area (Å²) in [6.07, 6.45) is 1.70. The van der Waals surface area contributed by atoms with Crippen LogP contribution in [0.4, 0.5) is 0 Å². The molecule has 0 amide bonds. The van der Waals surface area contributed by atoms with E-state index in [1.807, 2.05) is 20.8 Å². The molecule has 0 aromatic carbocycles. The number of aromatic nitrogens is 3. The lowest BCUT2D eigenvalue weighted by Gasteiger charge is -2.12. The Kier molecular flexibility index (Phi) is 8.77. The van der Waals surface area contributed by atoms with Crippen molar-refractivity contribution in [1.82, 2.24) is 15.0 Å². The van der Waals surface area contributed by atoms with Gasteiger partial charge >= 0.3 is 35.9 Å². The summed E-state index contributed by atoms with van der Waals surface area (Å²) in [7, 11) is 0. The van der Waals surface area contributed by atoms with Gasteiger partial charge in [-0.25, -0.2) is 0 Å². The molecule has 1 heterocycles. The summed E-state index contributed by atoms with van der Waals surface area (Å²) in [4.78, 5) is 47.4. The molecule has 9 heteroatoms. The van der Waals surface area contributed by atoms with E-state index < -0.39 is 35.9 Å². The Labute approximate surface area is 158 Å². The van der Waals surface area contributed by atoms with Crippen molar-refractivity contribution >= 4 is 17.9 Å². The van der Waals surface area contributed by atoms with Crippen LogP contribution in [-0.2, 0) is 14.4 Å². The predicted octanol–water partition coefficient (Wildman–Crippen LogP) is 2.73. The van der Waals surface area contributed by atoms with Crippen LogP contribution < -0.4 is 14.2 Å². The molecule has 27 heavy (non-hydrogen) atoms. The Hall–Kier alpha value is -2.58. The minimum atomic E-state index is -0.554. The summed E-state index contributed by atoms with van der Waals surface area (Å²) in [5.41, 5.74) is 0. The van der Waals surface area contributed by atoms with E-state index in [1.165, 1.54) is 0 Å². The number of carbonyl (C=O) groups excluding carboxylic acids is 3. The maximum Gasteiger partial charge on any atom is 0.333 e. The molecule has 1 rings (SSSR count). The first-order valence-corrected chi connectivity index (χ1v) is 9.12. The third kappa shape index (κ3) is 6.92. The zero-order valence-electron chi connectivity index (χ0n) is 16.6. The quantitative estimate of drug-likeness (QED) is 0.595. The molecule has 0 N–H and O–H groups in total. The van der Waals surface area contributed by atoms with Crippen molar-refractivity contribution < 1.29 is 28.6 Å². The van der Waals surface area contributed by atoms with Gasteiger partial charge in [0.15, 0.2) is 0 Å². The summed E-state index contributed by atoms with van der Waals surface area (Å²) >= 11 is 0. The fraction of sp³-hybridized carbons (Fsp3) is 0.667. The lowest BCUT2D eigenvalue weighted by atomic mass is 10.1. The van der Waals surface area contributed by atoms with Crippen LogP contribution in [0.3, 0.4) is 0 Å². The highest BCUT2D eigenvalue weighted by atomic mass is 16.6. The van der Waals surface area contributed by atoms with Crippen LogP contribution in [0.15, 0.2) is 0 Å². The molecule has 1 aromatic heterocycles. The maximum absolute atomic E-state index is 12.0. The molecule has 0 radical (unpaired) electrons. The van der Waals surface area contributed by atoms with Crippen molar-refractivity contribution in [3.05, 3.63) is 0 Å². The van der Waals surface area contributed by atoms with E-state index in [9.17, 15) is 14.4 Å². The average molecular weight is 381 g/mol. The Balaban J connectivity index is 3.11. The molecule has 0 aliphatic carbocycles. The van der Waals surface area contributed by atoms with Crippen LogP contribution in [0.2, 0.25) is 0 Å². The molecule has 0 saturated carbocycles. The molecule has 150 valence electrons. The molecular weight excluding hydrogens is 354 g/mol. The van der Waals surface area contributed by atoms with Gasteiger partial charge in [0.2, 0.25) is 0 Å². The highest BCUT2D eigenvalue weighted by Crippen LogP contribution is 2.19. The van der Waals surface area contributed by atoms with E-state index in [2.05, 4.69) is 15.0 Å². The summed E-state index contributed by atoms with van der Waals surface area (Å²) in [6.45, 7) is 10.6. The van der Waals surface area contributed by atoms with Gasteiger partial charge in [0.25, 0.3) is 0 Å². The van der Waals surface area contributed by atoms with E-state index in [0.717, 1.165) is 0 Å². The highest BCUT2D eigenvalue weighted by Gasteiger charge is 2.22. The van der Waals surface area contributed by atoms with Gasteiger partial charge in [0.05, 0.1) is 17.8 Å². The van der Waals surface area contributed by atoms with Crippen LogP contribution >= 0.6 is 0 Å². The molecule has 0 aliphatic rings. The Bertz CT molecular complexity index is 576. The van der Waals surface area contributed by atoms with Crippen molar-refractivity contribution in [2.45, 2.75) is 60.8 Å². The monoisotopic (exact) mass is 381 g/mol. The molecule has 1 aromatic rings. The Morgan fingerprint density at radius 1 is 0.630 bits per heavy atom. The molecule has 9 nitrogen and oxygen atoms in total. The topological polar surface area (TPSA) is 118 Å². The van der Waals surface area contributed by atoms with E-state index in [0.29, 0.717) is 19.3 Å². The van der Waals surface area contributed by atoms with Gasteiger partial charge in [-0.3, -0.25) is 14.4 Å².